The molecule has 2 amide bonds. The Morgan fingerprint density at radius 1 is 1.06 bits per heavy atom. The van der Waals surface area contributed by atoms with Crippen LogP contribution in [-0.4, -0.2) is 38.9 Å². The van der Waals surface area contributed by atoms with Crippen LogP contribution in [0.1, 0.15) is 56.7 Å². The Morgan fingerprint density at radius 3 is 2.03 bits per heavy atom. The summed E-state index contributed by atoms with van der Waals surface area (Å²) in [5, 5.41) is 4.92. The van der Waals surface area contributed by atoms with E-state index in [9.17, 15) is 40.1 Å². The van der Waals surface area contributed by atoms with Crippen LogP contribution in [0.4, 0.5) is 31.1 Å². The number of hydrogen-bond donors (Lipinski definition) is 2. The second-order valence-corrected chi connectivity index (χ2v) is 10.8. The predicted molar refractivity (Wildman–Crippen MR) is 112 cm³/mol. The lowest BCUT2D eigenvalue weighted by Gasteiger charge is -2.26. The van der Waals surface area contributed by atoms with E-state index in [1.54, 1.807) is 20.8 Å². The van der Waals surface area contributed by atoms with Gasteiger partial charge in [0.2, 0.25) is 5.91 Å². The van der Waals surface area contributed by atoms with E-state index in [1.165, 1.54) is 6.26 Å². The van der Waals surface area contributed by atoms with Gasteiger partial charge in [-0.2, -0.15) is 26.3 Å². The van der Waals surface area contributed by atoms with Gasteiger partial charge >= 0.3 is 18.4 Å². The molecule has 0 heterocycles. The third-order valence-corrected chi connectivity index (χ3v) is 6.91. The molecule has 1 aromatic rings. The maximum Gasteiger partial charge on any atom is 0.416 e. The molecule has 0 saturated heterocycles. The molecule has 192 valence electrons. The van der Waals surface area contributed by atoms with Crippen LogP contribution < -0.4 is 10.6 Å². The highest BCUT2D eigenvalue weighted by molar-refractivity contribution is 7.86. The summed E-state index contributed by atoms with van der Waals surface area (Å²) in [6.07, 6.45) is -9.12. The van der Waals surface area contributed by atoms with Crippen molar-refractivity contribution in [3.8, 4) is 0 Å². The van der Waals surface area contributed by atoms with Gasteiger partial charge in [-0.05, 0) is 63.8 Å². The van der Waals surface area contributed by atoms with Crippen molar-refractivity contribution in [1.29, 1.82) is 0 Å². The second kappa shape index (κ2) is 9.74. The fraction of sp³-hybridized carbons (Fsp3) is 0.619. The largest absolute Gasteiger partial charge is 0.444 e. The number of rotatable bonds is 5. The summed E-state index contributed by atoms with van der Waals surface area (Å²) in [5.41, 5.74) is -4.16. The molecule has 6 nitrogen and oxygen atoms in total. The van der Waals surface area contributed by atoms with Crippen LogP contribution in [-0.2, 0) is 39.2 Å². The summed E-state index contributed by atoms with van der Waals surface area (Å²) in [6.45, 7) is 4.36. The van der Waals surface area contributed by atoms with Crippen LogP contribution >= 0.6 is 0 Å². The first-order chi connectivity index (χ1) is 15.3. The Kier molecular flexibility index (Phi) is 8.01. The van der Waals surface area contributed by atoms with E-state index < -0.39 is 74.8 Å². The Morgan fingerprint density at radius 2 is 1.59 bits per heavy atom. The van der Waals surface area contributed by atoms with Crippen molar-refractivity contribution < 1.29 is 44.9 Å². The highest BCUT2D eigenvalue weighted by Gasteiger charge is 2.49. The van der Waals surface area contributed by atoms with Crippen molar-refractivity contribution in [2.45, 2.75) is 75.3 Å². The minimum absolute atomic E-state index is 0.00216. The first-order valence-electron chi connectivity index (χ1n) is 10.2. The maximum atomic E-state index is 13.1. The second-order valence-electron chi connectivity index (χ2n) is 9.13. The van der Waals surface area contributed by atoms with Crippen molar-refractivity contribution >= 4 is 22.8 Å². The number of alkyl carbamates (subject to hydrolysis) is 1. The molecule has 13 heteroatoms. The van der Waals surface area contributed by atoms with Gasteiger partial charge < -0.3 is 15.4 Å². The summed E-state index contributed by atoms with van der Waals surface area (Å²) >= 11 is 0. The Balaban J connectivity index is 2.17. The van der Waals surface area contributed by atoms with Crippen molar-refractivity contribution in [3.63, 3.8) is 0 Å². The number of carbonyl (C=O) groups excluding carboxylic acids is 2. The van der Waals surface area contributed by atoms with Gasteiger partial charge in [-0.3, -0.25) is 9.00 Å². The van der Waals surface area contributed by atoms with E-state index in [-0.39, 0.29) is 25.3 Å². The highest BCUT2D eigenvalue weighted by atomic mass is 32.2. The topological polar surface area (TPSA) is 84.5 Å². The smallest absolute Gasteiger partial charge is 0.416 e. The quantitative estimate of drug-likeness (QED) is 0.563. The zero-order valence-electron chi connectivity index (χ0n) is 18.9. The fourth-order valence-electron chi connectivity index (χ4n) is 3.67. The molecule has 1 fully saturated rings. The third kappa shape index (κ3) is 7.09. The molecule has 0 spiro atoms. The monoisotopic (exact) mass is 516 g/mol. The van der Waals surface area contributed by atoms with E-state index in [0.717, 1.165) is 0 Å². The van der Waals surface area contributed by atoms with Crippen molar-refractivity contribution in [2.24, 2.45) is 0 Å². The lowest BCUT2D eigenvalue weighted by atomic mass is 10.0. The fourth-order valence-corrected chi connectivity index (χ4v) is 4.84. The van der Waals surface area contributed by atoms with Gasteiger partial charge in [-0.1, -0.05) is 0 Å². The SMILES string of the molecule is CS(=O)C1(C(=O)NCc2cc(C(F)(F)F)cc(C(F)(F)F)c2)CC[C@@H](NC(=O)OC(C)(C)C)C1. The molecule has 2 rings (SSSR count). The average molecular weight is 517 g/mol. The standard InChI is InChI=1S/C21H26F6N2O4S/c1-18(2,3)33-17(31)29-15-5-6-19(10-15,34(4)32)16(30)28-11-12-7-13(20(22,23)24)9-14(8-12)21(25,26)27/h7-9,15H,5-6,10-11H2,1-4H3,(H,28,30)(H,29,31)/t15-,19?,34?/m1/s1. The Bertz CT molecular complexity index is 926. The number of carbonyl (C=O) groups is 2. The number of nitrogens with one attached hydrogen (secondary N) is 2. The molecule has 2 unspecified atom stereocenters. The van der Waals surface area contributed by atoms with Gasteiger partial charge in [0.05, 0.1) is 11.1 Å². The molecule has 34 heavy (non-hydrogen) atoms. The zero-order chi connectivity index (χ0) is 26.1. The van der Waals surface area contributed by atoms with Crippen molar-refractivity contribution in [1.82, 2.24) is 10.6 Å². The molecule has 1 aliphatic rings. The number of halogens is 6. The lowest BCUT2D eigenvalue weighted by molar-refractivity contribution is -0.143. The molecule has 2 N–H and O–H groups in total. The van der Waals surface area contributed by atoms with Gasteiger partial charge in [0.15, 0.2) is 0 Å². The molecule has 0 aliphatic heterocycles. The first kappa shape index (κ1) is 27.9. The predicted octanol–water partition coefficient (Wildman–Crippen LogP) is 4.53. The summed E-state index contributed by atoms with van der Waals surface area (Å²) < 4.78 is 94.5. The number of ether oxygens (including phenoxy) is 1. The van der Waals surface area contributed by atoms with Gasteiger partial charge in [0.25, 0.3) is 0 Å². The van der Waals surface area contributed by atoms with E-state index in [2.05, 4.69) is 10.6 Å². The van der Waals surface area contributed by atoms with Gasteiger partial charge in [0.1, 0.15) is 10.3 Å². The van der Waals surface area contributed by atoms with Crippen LogP contribution in [0, 0.1) is 0 Å². The molecule has 0 bridgehead atoms. The van der Waals surface area contributed by atoms with Crippen molar-refractivity contribution in [3.05, 3.63) is 34.9 Å². The molecule has 0 radical (unpaired) electrons. The van der Waals surface area contributed by atoms with Gasteiger partial charge in [-0.25, -0.2) is 4.79 Å². The summed E-state index contributed by atoms with van der Waals surface area (Å²) in [4.78, 5) is 24.9. The first-order valence-corrected chi connectivity index (χ1v) is 11.8. The molecule has 1 saturated carbocycles. The summed E-state index contributed by atoms with van der Waals surface area (Å²) in [5.74, 6) is -0.784. The summed E-state index contributed by atoms with van der Waals surface area (Å²) in [6, 6.07) is 0.492. The molecular weight excluding hydrogens is 490 g/mol. The van der Waals surface area contributed by atoms with Crippen LogP contribution in [0.25, 0.3) is 0 Å². The molecule has 1 aromatic carbocycles. The Hall–Kier alpha value is -2.31. The van der Waals surface area contributed by atoms with Crippen LogP contribution in [0.3, 0.4) is 0 Å². The summed E-state index contributed by atoms with van der Waals surface area (Å²) in [7, 11) is -1.74. The average Bonchev–Trinajstić information content (AvgIpc) is 3.08. The van der Waals surface area contributed by atoms with Crippen LogP contribution in [0.15, 0.2) is 18.2 Å². The number of alkyl halides is 6. The maximum absolute atomic E-state index is 13.1. The normalized spacial score (nSPS) is 22.2. The van der Waals surface area contributed by atoms with Crippen LogP contribution in [0.2, 0.25) is 0 Å². The third-order valence-electron chi connectivity index (χ3n) is 5.26. The molecular formula is C21H26F6N2O4S. The number of hydrogen-bond acceptors (Lipinski definition) is 4. The minimum atomic E-state index is -5.02. The van der Waals surface area contributed by atoms with E-state index in [0.29, 0.717) is 12.1 Å². The van der Waals surface area contributed by atoms with Gasteiger partial charge in [-0.15, -0.1) is 0 Å². The van der Waals surface area contributed by atoms with Gasteiger partial charge in [0, 0.05) is 29.6 Å². The minimum Gasteiger partial charge on any atom is -0.444 e. The van der Waals surface area contributed by atoms with E-state index in [1.807, 2.05) is 0 Å². The number of amides is 2. The molecule has 0 aromatic heterocycles. The zero-order valence-corrected chi connectivity index (χ0v) is 19.8. The Labute approximate surface area is 195 Å². The molecule has 3 atom stereocenters. The lowest BCUT2D eigenvalue weighted by Crippen LogP contribution is -2.49. The van der Waals surface area contributed by atoms with Crippen LogP contribution in [0.5, 0.6) is 0 Å². The highest BCUT2D eigenvalue weighted by Crippen LogP contribution is 2.37. The number of benzene rings is 1. The molecule has 1 aliphatic carbocycles. The van der Waals surface area contributed by atoms with E-state index in [4.69, 9.17) is 4.74 Å². The van der Waals surface area contributed by atoms with Crippen molar-refractivity contribution in [2.75, 3.05) is 6.26 Å². The van der Waals surface area contributed by atoms with E-state index >= 15 is 0 Å².